The largest absolute Gasteiger partial charge is 0.462 e. The van der Waals surface area contributed by atoms with Crippen LogP contribution in [0.1, 0.15) is 52.9 Å². The zero-order valence-electron chi connectivity index (χ0n) is 14.7. The van der Waals surface area contributed by atoms with Crippen LogP contribution in [0, 0.1) is 13.8 Å². The van der Waals surface area contributed by atoms with Crippen molar-refractivity contribution in [2.24, 2.45) is 0 Å². The number of aromatic amines is 1. The van der Waals surface area contributed by atoms with Gasteiger partial charge in [0.15, 0.2) is 0 Å². The Morgan fingerprint density at radius 3 is 2.30 bits per heavy atom. The summed E-state index contributed by atoms with van der Waals surface area (Å²) in [4.78, 5) is 32.1. The second kappa shape index (κ2) is 7.17. The Balaban J connectivity index is 2.15. The maximum Gasteiger partial charge on any atom is 0.340 e. The molecule has 1 fully saturated rings. The number of amides is 1. The van der Waals surface area contributed by atoms with E-state index in [0.717, 1.165) is 13.1 Å². The van der Waals surface area contributed by atoms with Crippen molar-refractivity contribution in [1.29, 1.82) is 0 Å². The highest BCUT2D eigenvalue weighted by Gasteiger charge is 2.28. The van der Waals surface area contributed by atoms with E-state index < -0.39 is 0 Å². The van der Waals surface area contributed by atoms with Crippen LogP contribution in [0.2, 0.25) is 0 Å². The summed E-state index contributed by atoms with van der Waals surface area (Å²) >= 11 is 0. The second-order valence-corrected chi connectivity index (χ2v) is 6.27. The van der Waals surface area contributed by atoms with Gasteiger partial charge in [0.25, 0.3) is 5.91 Å². The van der Waals surface area contributed by atoms with E-state index in [0.29, 0.717) is 48.3 Å². The van der Waals surface area contributed by atoms with E-state index in [2.05, 4.69) is 23.7 Å². The fourth-order valence-corrected chi connectivity index (χ4v) is 3.07. The molecule has 0 atom stereocenters. The Morgan fingerprint density at radius 2 is 1.78 bits per heavy atom. The van der Waals surface area contributed by atoms with Crippen LogP contribution >= 0.6 is 0 Å². The number of aromatic nitrogens is 1. The van der Waals surface area contributed by atoms with Gasteiger partial charge in [-0.1, -0.05) is 0 Å². The zero-order valence-corrected chi connectivity index (χ0v) is 14.7. The maximum atomic E-state index is 12.8. The van der Waals surface area contributed by atoms with Gasteiger partial charge in [-0.15, -0.1) is 0 Å². The van der Waals surface area contributed by atoms with Crippen LogP contribution < -0.4 is 0 Å². The predicted octanol–water partition coefficient (Wildman–Crippen LogP) is 1.97. The van der Waals surface area contributed by atoms with E-state index in [1.54, 1.807) is 20.8 Å². The number of hydrogen-bond acceptors (Lipinski definition) is 4. The molecule has 1 aliphatic heterocycles. The van der Waals surface area contributed by atoms with Crippen molar-refractivity contribution < 1.29 is 14.3 Å². The van der Waals surface area contributed by atoms with Crippen molar-refractivity contribution in [1.82, 2.24) is 14.8 Å². The SMILES string of the molecule is CCOC(=O)c1c(C)[nH]c(C(=O)N2CCN(C(C)C)CC2)c1C. The van der Waals surface area contributed by atoms with Crippen molar-refractivity contribution in [3.05, 3.63) is 22.5 Å². The average Bonchev–Trinajstić information content (AvgIpc) is 2.81. The van der Waals surface area contributed by atoms with E-state index in [-0.39, 0.29) is 11.9 Å². The normalized spacial score (nSPS) is 16.0. The molecule has 6 heteroatoms. The van der Waals surface area contributed by atoms with Gasteiger partial charge in [0, 0.05) is 37.9 Å². The molecule has 0 aliphatic carbocycles. The van der Waals surface area contributed by atoms with E-state index in [1.165, 1.54) is 0 Å². The molecule has 128 valence electrons. The Kier molecular flexibility index (Phi) is 5.46. The van der Waals surface area contributed by atoms with Crippen molar-refractivity contribution >= 4 is 11.9 Å². The van der Waals surface area contributed by atoms with Crippen molar-refractivity contribution in [3.63, 3.8) is 0 Å². The predicted molar refractivity (Wildman–Crippen MR) is 88.8 cm³/mol. The lowest BCUT2D eigenvalue weighted by molar-refractivity contribution is 0.0525. The van der Waals surface area contributed by atoms with Gasteiger partial charge in [0.2, 0.25) is 0 Å². The number of hydrogen-bond donors (Lipinski definition) is 1. The van der Waals surface area contributed by atoms with Gasteiger partial charge in [-0.3, -0.25) is 9.69 Å². The smallest absolute Gasteiger partial charge is 0.340 e. The molecule has 1 amide bonds. The number of nitrogens with one attached hydrogen (secondary N) is 1. The molecule has 0 bridgehead atoms. The highest BCUT2D eigenvalue weighted by Crippen LogP contribution is 2.21. The minimum atomic E-state index is -0.373. The Bertz CT molecular complexity index is 584. The number of carbonyl (C=O) groups is 2. The number of carbonyl (C=O) groups excluding carboxylic acids is 2. The standard InChI is InChI=1S/C17H27N3O3/c1-6-23-17(22)14-12(4)15(18-13(14)5)16(21)20-9-7-19(8-10-20)11(2)3/h11,18H,6-10H2,1-5H3. The second-order valence-electron chi connectivity index (χ2n) is 6.27. The average molecular weight is 321 g/mol. The molecule has 0 radical (unpaired) electrons. The minimum Gasteiger partial charge on any atom is -0.462 e. The number of H-pyrrole nitrogens is 1. The van der Waals surface area contributed by atoms with E-state index >= 15 is 0 Å². The number of esters is 1. The number of aryl methyl sites for hydroxylation is 1. The third-order valence-electron chi connectivity index (χ3n) is 4.46. The molecule has 1 N–H and O–H groups in total. The lowest BCUT2D eigenvalue weighted by atomic mass is 10.1. The summed E-state index contributed by atoms with van der Waals surface area (Å²) in [6.07, 6.45) is 0. The number of piperazine rings is 1. The Labute approximate surface area is 137 Å². The first kappa shape index (κ1) is 17.5. The molecular weight excluding hydrogens is 294 g/mol. The van der Waals surface area contributed by atoms with Gasteiger partial charge >= 0.3 is 5.97 Å². The van der Waals surface area contributed by atoms with Crippen molar-refractivity contribution in [2.45, 2.75) is 40.7 Å². The molecule has 1 aliphatic rings. The summed E-state index contributed by atoms with van der Waals surface area (Å²) in [6, 6.07) is 0.497. The first-order chi connectivity index (χ1) is 10.9. The van der Waals surface area contributed by atoms with Crippen LogP contribution in [0.5, 0.6) is 0 Å². The topological polar surface area (TPSA) is 65.6 Å². The summed E-state index contributed by atoms with van der Waals surface area (Å²) in [5.74, 6) is -0.410. The van der Waals surface area contributed by atoms with E-state index in [4.69, 9.17) is 4.74 Å². The molecule has 23 heavy (non-hydrogen) atoms. The van der Waals surface area contributed by atoms with Crippen LogP contribution in [0.3, 0.4) is 0 Å². The van der Waals surface area contributed by atoms with Gasteiger partial charge < -0.3 is 14.6 Å². The fourth-order valence-electron chi connectivity index (χ4n) is 3.07. The molecule has 0 saturated carbocycles. The molecule has 6 nitrogen and oxygen atoms in total. The summed E-state index contributed by atoms with van der Waals surface area (Å²) < 4.78 is 5.08. The molecule has 2 heterocycles. The molecule has 1 saturated heterocycles. The quantitative estimate of drug-likeness (QED) is 0.861. The summed E-state index contributed by atoms with van der Waals surface area (Å²) in [7, 11) is 0. The monoisotopic (exact) mass is 321 g/mol. The van der Waals surface area contributed by atoms with Crippen molar-refractivity contribution in [3.8, 4) is 0 Å². The summed E-state index contributed by atoms with van der Waals surface area (Å²) in [5, 5.41) is 0. The zero-order chi connectivity index (χ0) is 17.1. The maximum absolute atomic E-state index is 12.8. The Morgan fingerprint density at radius 1 is 1.17 bits per heavy atom. The van der Waals surface area contributed by atoms with Gasteiger partial charge in [-0.25, -0.2) is 4.79 Å². The summed E-state index contributed by atoms with van der Waals surface area (Å²) in [6.45, 7) is 13.2. The fraction of sp³-hybridized carbons (Fsp3) is 0.647. The number of rotatable bonds is 4. The van der Waals surface area contributed by atoms with Crippen LogP contribution in [0.15, 0.2) is 0 Å². The molecule has 0 unspecified atom stereocenters. The molecule has 2 rings (SSSR count). The molecule has 1 aromatic heterocycles. The van der Waals surface area contributed by atoms with Gasteiger partial charge in [-0.2, -0.15) is 0 Å². The number of ether oxygens (including phenoxy) is 1. The molecule has 1 aromatic rings. The molecule has 0 aromatic carbocycles. The van der Waals surface area contributed by atoms with E-state index in [1.807, 2.05) is 4.90 Å². The van der Waals surface area contributed by atoms with Crippen molar-refractivity contribution in [2.75, 3.05) is 32.8 Å². The van der Waals surface area contributed by atoms with Gasteiger partial charge in [0.05, 0.1) is 12.2 Å². The lowest BCUT2D eigenvalue weighted by Crippen LogP contribution is -2.50. The van der Waals surface area contributed by atoms with Gasteiger partial charge in [-0.05, 0) is 40.2 Å². The number of nitrogens with zero attached hydrogens (tertiary/aromatic N) is 2. The Hall–Kier alpha value is -1.82. The lowest BCUT2D eigenvalue weighted by Gasteiger charge is -2.36. The highest BCUT2D eigenvalue weighted by atomic mass is 16.5. The van der Waals surface area contributed by atoms with Crippen LogP contribution in [-0.2, 0) is 4.74 Å². The van der Waals surface area contributed by atoms with Gasteiger partial charge in [0.1, 0.15) is 5.69 Å². The minimum absolute atomic E-state index is 0.0374. The van der Waals surface area contributed by atoms with Crippen LogP contribution in [0.25, 0.3) is 0 Å². The van der Waals surface area contributed by atoms with Crippen LogP contribution in [0.4, 0.5) is 0 Å². The van der Waals surface area contributed by atoms with E-state index in [9.17, 15) is 9.59 Å². The molecule has 0 spiro atoms. The third kappa shape index (κ3) is 3.58. The first-order valence-electron chi connectivity index (χ1n) is 8.26. The summed E-state index contributed by atoms with van der Waals surface area (Å²) in [5.41, 5.74) is 2.35. The highest BCUT2D eigenvalue weighted by molar-refractivity contribution is 6.00. The molecular formula is C17H27N3O3. The third-order valence-corrected chi connectivity index (χ3v) is 4.46. The van der Waals surface area contributed by atoms with Crippen LogP contribution in [-0.4, -0.2) is 65.5 Å². The first-order valence-corrected chi connectivity index (χ1v) is 8.26.